The highest BCUT2D eigenvalue weighted by Gasteiger charge is 2.21. The van der Waals surface area contributed by atoms with Gasteiger partial charge in [0.25, 0.3) is 5.56 Å². The molecule has 1 aromatic heterocycles. The number of benzene rings is 1. The van der Waals surface area contributed by atoms with Crippen LogP contribution in [0.1, 0.15) is 6.92 Å². The molecule has 84 valence electrons. The van der Waals surface area contributed by atoms with E-state index in [2.05, 4.69) is 16.5 Å². The zero-order valence-electron chi connectivity index (χ0n) is 8.71. The number of halogens is 1. The number of rotatable bonds is 0. The molecule has 3 nitrogen and oxygen atoms in total. The number of para-hydroxylation sites is 1. The average molecular weight is 299 g/mol. The van der Waals surface area contributed by atoms with Crippen LogP contribution in [0.4, 0.5) is 0 Å². The fraction of sp³-hybridized carbons (Fsp3) is 0.273. The van der Waals surface area contributed by atoms with E-state index in [1.54, 1.807) is 11.8 Å². The molecule has 3 rings (SSSR count). The minimum atomic E-state index is -0.113. The summed E-state index contributed by atoms with van der Waals surface area (Å²) < 4.78 is 2.13. The summed E-state index contributed by atoms with van der Waals surface area (Å²) in [5.74, 6) is 0. The monoisotopic (exact) mass is 298 g/mol. The Hall–Kier alpha value is -0.810. The zero-order valence-corrected chi connectivity index (χ0v) is 11.2. The molecule has 0 radical (unpaired) electrons. The molecule has 1 aliphatic rings. The van der Waals surface area contributed by atoms with Crippen LogP contribution in [-0.4, -0.2) is 14.8 Å². The lowest BCUT2D eigenvalue weighted by Gasteiger charge is -2.06. The first-order chi connectivity index (χ1) is 7.25. The lowest BCUT2D eigenvalue weighted by atomic mass is 10.2. The van der Waals surface area contributed by atoms with E-state index in [-0.39, 0.29) is 22.5 Å². The Morgan fingerprint density at radius 1 is 1.44 bits per heavy atom. The van der Waals surface area contributed by atoms with E-state index in [0.717, 1.165) is 22.6 Å². The summed E-state index contributed by atoms with van der Waals surface area (Å²) in [7, 11) is 0. The minimum absolute atomic E-state index is 0. The van der Waals surface area contributed by atoms with Gasteiger partial charge in [0.1, 0.15) is 0 Å². The van der Waals surface area contributed by atoms with Crippen LogP contribution in [-0.2, 0) is 6.54 Å². The maximum atomic E-state index is 11.7. The summed E-state index contributed by atoms with van der Waals surface area (Å²) in [5.41, 5.74) is 0.891. The van der Waals surface area contributed by atoms with Crippen LogP contribution >= 0.6 is 28.7 Å². The van der Waals surface area contributed by atoms with Crippen LogP contribution in [0.2, 0.25) is 0 Å². The topological polar surface area (TPSA) is 34.9 Å². The summed E-state index contributed by atoms with van der Waals surface area (Å²) in [6, 6.07) is 7.67. The largest absolute Gasteiger partial charge is 0.319 e. The van der Waals surface area contributed by atoms with Gasteiger partial charge in [-0.25, -0.2) is 0 Å². The van der Waals surface area contributed by atoms with Gasteiger partial charge in [0.05, 0.1) is 10.9 Å². The van der Waals surface area contributed by atoms with Crippen molar-refractivity contribution in [1.29, 1.82) is 0 Å². The van der Waals surface area contributed by atoms with Gasteiger partial charge in [-0.05, 0) is 12.1 Å². The lowest BCUT2D eigenvalue weighted by molar-refractivity contribution is 0.665. The molecule has 16 heavy (non-hydrogen) atoms. The number of hydrogen-bond acceptors (Lipinski definition) is 3. The fourth-order valence-electron chi connectivity index (χ4n) is 1.94. The predicted molar refractivity (Wildman–Crippen MR) is 71.6 cm³/mol. The van der Waals surface area contributed by atoms with E-state index in [4.69, 9.17) is 0 Å². The molecule has 0 saturated carbocycles. The summed E-state index contributed by atoms with van der Waals surface area (Å²) in [6.07, 6.45) is 0. The molecular weight excluding hydrogens is 288 g/mol. The molecule has 0 unspecified atom stereocenters. The highest BCUT2D eigenvalue weighted by molar-refractivity contribution is 8.93. The highest BCUT2D eigenvalue weighted by Crippen LogP contribution is 2.31. The Morgan fingerprint density at radius 3 is 3.00 bits per heavy atom. The van der Waals surface area contributed by atoms with E-state index in [9.17, 15) is 4.79 Å². The van der Waals surface area contributed by atoms with Gasteiger partial charge in [0.2, 0.25) is 0 Å². The second kappa shape index (κ2) is 4.22. The number of fused-ring (bicyclic) bond motifs is 3. The third-order valence-corrected chi connectivity index (χ3v) is 3.67. The van der Waals surface area contributed by atoms with E-state index in [1.165, 1.54) is 0 Å². The molecule has 5 heteroatoms. The highest BCUT2D eigenvalue weighted by atomic mass is 79.9. The van der Waals surface area contributed by atoms with Crippen LogP contribution in [0.3, 0.4) is 0 Å². The van der Waals surface area contributed by atoms with E-state index in [1.807, 2.05) is 24.3 Å². The molecule has 0 N–H and O–H groups in total. The van der Waals surface area contributed by atoms with Crippen molar-refractivity contribution in [2.24, 2.45) is 0 Å². The molecule has 2 aromatic rings. The molecule has 1 aromatic carbocycles. The van der Waals surface area contributed by atoms with E-state index in [0.29, 0.717) is 5.25 Å². The van der Waals surface area contributed by atoms with E-state index < -0.39 is 0 Å². The number of hydrogen-bond donors (Lipinski definition) is 0. The Morgan fingerprint density at radius 2 is 2.19 bits per heavy atom. The maximum absolute atomic E-state index is 11.7. The van der Waals surface area contributed by atoms with Crippen molar-refractivity contribution in [3.63, 3.8) is 0 Å². The molecule has 0 spiro atoms. The Labute approximate surface area is 108 Å². The zero-order chi connectivity index (χ0) is 10.4. The summed E-state index contributed by atoms with van der Waals surface area (Å²) in [6.45, 7) is 3.09. The van der Waals surface area contributed by atoms with Crippen molar-refractivity contribution >= 4 is 39.6 Å². The predicted octanol–water partition coefficient (Wildman–Crippen LogP) is 2.47. The molecule has 0 saturated heterocycles. The van der Waals surface area contributed by atoms with Gasteiger partial charge in [-0.15, -0.1) is 17.0 Å². The molecule has 0 bridgehead atoms. The Bertz CT molecular complexity index is 596. The van der Waals surface area contributed by atoms with Crippen LogP contribution in [0.5, 0.6) is 0 Å². The Balaban J connectivity index is 0.000000963. The standard InChI is InChI=1S/C11H10N2OS.BrH/c1-7-6-13-9-5-3-2-4-8(9)10(14)12-11(13)15-7;/h2-5,7H,6H2,1H3;1H/t7-;/m1./s1. The SMILES string of the molecule is Br.C[C@@H]1Cn2c(nc(=O)c3ccccc32)S1. The van der Waals surface area contributed by atoms with Gasteiger partial charge in [-0.2, -0.15) is 4.98 Å². The fourth-order valence-corrected chi connectivity index (χ4v) is 2.96. The first-order valence-electron chi connectivity index (χ1n) is 4.92. The number of thioether (sulfide) groups is 1. The summed E-state index contributed by atoms with van der Waals surface area (Å²) >= 11 is 1.67. The second-order valence-corrected chi connectivity index (χ2v) is 5.16. The van der Waals surface area contributed by atoms with Crippen molar-refractivity contribution in [2.75, 3.05) is 0 Å². The molecule has 0 aliphatic carbocycles. The third kappa shape index (κ3) is 1.68. The summed E-state index contributed by atoms with van der Waals surface area (Å²) in [4.78, 5) is 15.8. The van der Waals surface area contributed by atoms with Gasteiger partial charge >= 0.3 is 0 Å². The summed E-state index contributed by atoms with van der Waals surface area (Å²) in [5, 5.41) is 2.07. The van der Waals surface area contributed by atoms with Crippen molar-refractivity contribution in [2.45, 2.75) is 23.9 Å². The molecule has 2 heterocycles. The maximum Gasteiger partial charge on any atom is 0.281 e. The number of nitrogens with zero attached hydrogens (tertiary/aromatic N) is 2. The van der Waals surface area contributed by atoms with Gasteiger partial charge in [-0.3, -0.25) is 4.79 Å². The van der Waals surface area contributed by atoms with Crippen molar-refractivity contribution < 1.29 is 0 Å². The minimum Gasteiger partial charge on any atom is -0.319 e. The van der Waals surface area contributed by atoms with Crippen molar-refractivity contribution in [1.82, 2.24) is 9.55 Å². The molecular formula is C11H11BrN2OS. The van der Waals surface area contributed by atoms with Crippen LogP contribution in [0.15, 0.2) is 34.2 Å². The first kappa shape index (κ1) is 11.7. The molecule has 1 atom stereocenters. The van der Waals surface area contributed by atoms with Gasteiger partial charge in [-0.1, -0.05) is 30.8 Å². The first-order valence-corrected chi connectivity index (χ1v) is 5.80. The quantitative estimate of drug-likeness (QED) is 0.701. The second-order valence-electron chi connectivity index (χ2n) is 3.76. The van der Waals surface area contributed by atoms with Gasteiger partial charge in [0, 0.05) is 11.8 Å². The smallest absolute Gasteiger partial charge is 0.281 e. The van der Waals surface area contributed by atoms with Gasteiger partial charge < -0.3 is 4.57 Å². The van der Waals surface area contributed by atoms with Crippen LogP contribution in [0.25, 0.3) is 10.9 Å². The van der Waals surface area contributed by atoms with Gasteiger partial charge in [0.15, 0.2) is 5.16 Å². The molecule has 0 amide bonds. The normalized spacial score (nSPS) is 18.2. The van der Waals surface area contributed by atoms with Crippen molar-refractivity contribution in [3.05, 3.63) is 34.6 Å². The number of aromatic nitrogens is 2. The lowest BCUT2D eigenvalue weighted by Crippen LogP contribution is -2.13. The van der Waals surface area contributed by atoms with E-state index >= 15 is 0 Å². The average Bonchev–Trinajstić information content (AvgIpc) is 2.59. The third-order valence-electron chi connectivity index (χ3n) is 2.60. The van der Waals surface area contributed by atoms with Crippen LogP contribution in [0, 0.1) is 0 Å². The molecule has 0 fully saturated rings. The molecule has 1 aliphatic heterocycles. The Kier molecular flexibility index (Phi) is 3.08. The van der Waals surface area contributed by atoms with Crippen LogP contribution < -0.4 is 5.56 Å². The van der Waals surface area contributed by atoms with Crippen molar-refractivity contribution in [3.8, 4) is 0 Å².